The van der Waals surface area contributed by atoms with Crippen LogP contribution in [0.25, 0.3) is 10.9 Å². The van der Waals surface area contributed by atoms with Crippen molar-refractivity contribution in [3.63, 3.8) is 0 Å². The number of fused-ring (bicyclic) bond motifs is 1. The Morgan fingerprint density at radius 2 is 2.00 bits per heavy atom. The van der Waals surface area contributed by atoms with Crippen molar-refractivity contribution in [2.45, 2.75) is 0 Å². The van der Waals surface area contributed by atoms with Gasteiger partial charge in [0, 0.05) is 37.1 Å². The minimum Gasteiger partial charge on any atom is -0.477 e. The lowest BCUT2D eigenvalue weighted by atomic mass is 10.2. The lowest BCUT2D eigenvalue weighted by Gasteiger charge is -1.93. The van der Waals surface area contributed by atoms with Crippen LogP contribution >= 0.6 is 0 Å². The van der Waals surface area contributed by atoms with Crippen molar-refractivity contribution in [2.75, 3.05) is 14.1 Å². The van der Waals surface area contributed by atoms with E-state index >= 15 is 0 Å². The molecule has 0 unspecified atom stereocenters. The van der Waals surface area contributed by atoms with E-state index in [1.807, 2.05) is 0 Å². The van der Waals surface area contributed by atoms with Gasteiger partial charge in [-0.1, -0.05) is 0 Å². The number of carbonyl (C=O) groups excluding carboxylic acids is 1. The standard InChI is InChI=1S/C9H6N2O4.C3H7NO/c12-9(13)8-4-5-3-6(11(14)15)1-2-7(5)10-8;1-4(2)3-5/h1-4,10H,(H,12,13);3H,1-2H3. The van der Waals surface area contributed by atoms with Gasteiger partial charge in [0.25, 0.3) is 5.69 Å². The number of H-pyrrole nitrogens is 1. The summed E-state index contributed by atoms with van der Waals surface area (Å²) in [5.41, 5.74) is 0.530. The summed E-state index contributed by atoms with van der Waals surface area (Å²) < 4.78 is 0. The number of nitro benzene ring substituents is 1. The van der Waals surface area contributed by atoms with E-state index < -0.39 is 10.9 Å². The zero-order valence-electron chi connectivity index (χ0n) is 10.9. The molecule has 0 aliphatic carbocycles. The highest BCUT2D eigenvalue weighted by Crippen LogP contribution is 2.21. The van der Waals surface area contributed by atoms with Gasteiger partial charge in [0.1, 0.15) is 5.69 Å². The number of aromatic amines is 1. The average Bonchev–Trinajstić information content (AvgIpc) is 2.82. The molecule has 0 atom stereocenters. The fourth-order valence-electron chi connectivity index (χ4n) is 1.35. The van der Waals surface area contributed by atoms with Crippen molar-refractivity contribution in [2.24, 2.45) is 0 Å². The van der Waals surface area contributed by atoms with E-state index in [4.69, 9.17) is 5.11 Å². The molecule has 106 valence electrons. The van der Waals surface area contributed by atoms with Crippen LogP contribution in [0.3, 0.4) is 0 Å². The Labute approximate surface area is 113 Å². The number of nitrogens with one attached hydrogen (secondary N) is 1. The van der Waals surface area contributed by atoms with Gasteiger partial charge in [-0.25, -0.2) is 4.79 Å². The summed E-state index contributed by atoms with van der Waals surface area (Å²) >= 11 is 0. The molecule has 0 radical (unpaired) electrons. The van der Waals surface area contributed by atoms with E-state index in [1.165, 1.54) is 29.2 Å². The summed E-state index contributed by atoms with van der Waals surface area (Å²) in [6.45, 7) is 0. The van der Waals surface area contributed by atoms with Crippen LogP contribution < -0.4 is 0 Å². The number of rotatable bonds is 3. The first kappa shape index (κ1) is 15.2. The largest absolute Gasteiger partial charge is 0.477 e. The fourth-order valence-corrected chi connectivity index (χ4v) is 1.35. The number of nitrogens with zero attached hydrogens (tertiary/aromatic N) is 2. The number of carboxylic acid groups (broad SMARTS) is 1. The number of benzene rings is 1. The SMILES string of the molecule is CN(C)C=O.O=C(O)c1cc2cc([N+](=O)[O-])ccc2[nH]1. The third kappa shape index (κ3) is 3.80. The number of carbonyl (C=O) groups is 2. The number of non-ortho nitro benzene ring substituents is 1. The van der Waals surface area contributed by atoms with Crippen LogP contribution in [0.15, 0.2) is 24.3 Å². The van der Waals surface area contributed by atoms with Crippen LogP contribution in [0.5, 0.6) is 0 Å². The van der Waals surface area contributed by atoms with Crippen molar-refractivity contribution >= 4 is 29.0 Å². The predicted molar refractivity (Wildman–Crippen MR) is 71.7 cm³/mol. The van der Waals surface area contributed by atoms with Gasteiger partial charge in [0.15, 0.2) is 0 Å². The fraction of sp³-hybridized carbons (Fsp3) is 0.167. The van der Waals surface area contributed by atoms with Crippen molar-refractivity contribution in [3.8, 4) is 0 Å². The number of nitro groups is 1. The maximum atomic E-state index is 10.6. The summed E-state index contributed by atoms with van der Waals surface area (Å²) in [5, 5.41) is 19.7. The molecule has 2 rings (SSSR count). The van der Waals surface area contributed by atoms with Crippen molar-refractivity contribution in [1.82, 2.24) is 9.88 Å². The lowest BCUT2D eigenvalue weighted by Crippen LogP contribution is -2.06. The number of aromatic nitrogens is 1. The van der Waals surface area contributed by atoms with Gasteiger partial charge in [-0.3, -0.25) is 14.9 Å². The number of amides is 1. The van der Waals surface area contributed by atoms with Crippen molar-refractivity contribution in [1.29, 1.82) is 0 Å². The average molecular weight is 279 g/mol. The topological polar surface area (TPSA) is 117 Å². The van der Waals surface area contributed by atoms with Crippen LogP contribution in [0, 0.1) is 10.1 Å². The monoisotopic (exact) mass is 279 g/mol. The number of carboxylic acids is 1. The molecule has 1 amide bonds. The molecule has 8 heteroatoms. The molecule has 0 saturated carbocycles. The summed E-state index contributed by atoms with van der Waals surface area (Å²) in [4.78, 5) is 34.1. The highest BCUT2D eigenvalue weighted by molar-refractivity contribution is 5.94. The van der Waals surface area contributed by atoms with Crippen molar-refractivity contribution in [3.05, 3.63) is 40.1 Å². The molecular weight excluding hydrogens is 266 g/mol. The second kappa shape index (κ2) is 6.32. The second-order valence-electron chi connectivity index (χ2n) is 4.09. The van der Waals surface area contributed by atoms with E-state index in [9.17, 15) is 19.7 Å². The molecule has 1 heterocycles. The molecule has 1 aromatic heterocycles. The van der Waals surface area contributed by atoms with Crippen LogP contribution in [0.4, 0.5) is 5.69 Å². The van der Waals surface area contributed by atoms with Gasteiger partial charge in [-0.15, -0.1) is 0 Å². The van der Waals surface area contributed by atoms with E-state index in [-0.39, 0.29) is 11.4 Å². The Kier molecular flexibility index (Phi) is 4.79. The molecule has 8 nitrogen and oxygen atoms in total. The van der Waals surface area contributed by atoms with E-state index in [2.05, 4.69) is 4.98 Å². The number of hydrogen-bond acceptors (Lipinski definition) is 4. The van der Waals surface area contributed by atoms with Gasteiger partial charge in [0.05, 0.1) is 4.92 Å². The van der Waals surface area contributed by atoms with Crippen molar-refractivity contribution < 1.29 is 19.6 Å². The van der Waals surface area contributed by atoms with Gasteiger partial charge >= 0.3 is 5.97 Å². The Balaban J connectivity index is 0.000000347. The molecule has 2 aromatic rings. The summed E-state index contributed by atoms with van der Waals surface area (Å²) in [7, 11) is 3.38. The van der Waals surface area contributed by atoms with E-state index in [0.717, 1.165) is 6.41 Å². The third-order valence-electron chi connectivity index (χ3n) is 2.26. The molecule has 1 aromatic carbocycles. The Morgan fingerprint density at radius 1 is 1.40 bits per heavy atom. The molecule has 2 N–H and O–H groups in total. The maximum absolute atomic E-state index is 10.6. The van der Waals surface area contributed by atoms with Crippen LogP contribution in [-0.2, 0) is 4.79 Å². The molecule has 0 bridgehead atoms. The Bertz CT molecular complexity index is 636. The first-order valence-corrected chi connectivity index (χ1v) is 5.47. The van der Waals surface area contributed by atoms with Crippen LogP contribution in [-0.4, -0.2) is 46.4 Å². The highest BCUT2D eigenvalue weighted by Gasteiger charge is 2.11. The highest BCUT2D eigenvalue weighted by atomic mass is 16.6. The zero-order valence-corrected chi connectivity index (χ0v) is 10.9. The second-order valence-corrected chi connectivity index (χ2v) is 4.09. The van der Waals surface area contributed by atoms with Crippen LogP contribution in [0.2, 0.25) is 0 Å². The smallest absolute Gasteiger partial charge is 0.352 e. The normalized spacial score (nSPS) is 9.50. The van der Waals surface area contributed by atoms with E-state index in [0.29, 0.717) is 10.9 Å². The summed E-state index contributed by atoms with van der Waals surface area (Å²) in [5.74, 6) is -1.09. The number of aromatic carboxylic acids is 1. The molecule has 0 saturated heterocycles. The van der Waals surface area contributed by atoms with Gasteiger partial charge in [-0.2, -0.15) is 0 Å². The molecule has 0 aliphatic heterocycles. The number of hydrogen-bond donors (Lipinski definition) is 2. The Hall–Kier alpha value is -2.90. The quantitative estimate of drug-likeness (QED) is 0.501. The maximum Gasteiger partial charge on any atom is 0.352 e. The van der Waals surface area contributed by atoms with Gasteiger partial charge in [0.2, 0.25) is 6.41 Å². The van der Waals surface area contributed by atoms with Crippen LogP contribution in [0.1, 0.15) is 10.5 Å². The van der Waals surface area contributed by atoms with E-state index in [1.54, 1.807) is 14.1 Å². The molecular formula is C12H13N3O5. The predicted octanol–water partition coefficient (Wildman–Crippen LogP) is 1.48. The molecule has 0 fully saturated rings. The van der Waals surface area contributed by atoms with Gasteiger partial charge in [-0.05, 0) is 12.1 Å². The lowest BCUT2D eigenvalue weighted by molar-refractivity contribution is -0.384. The first-order chi connectivity index (χ1) is 9.35. The third-order valence-corrected chi connectivity index (χ3v) is 2.26. The molecule has 0 spiro atoms. The first-order valence-electron chi connectivity index (χ1n) is 5.47. The zero-order chi connectivity index (χ0) is 15.3. The minimum absolute atomic E-state index is 0.0190. The van der Waals surface area contributed by atoms with Gasteiger partial charge < -0.3 is 15.0 Å². The molecule has 20 heavy (non-hydrogen) atoms. The molecule has 0 aliphatic rings. The minimum atomic E-state index is -1.09. The Morgan fingerprint density at radius 3 is 2.45 bits per heavy atom. The summed E-state index contributed by atoms with van der Waals surface area (Å²) in [6, 6.07) is 5.51. The summed E-state index contributed by atoms with van der Waals surface area (Å²) in [6.07, 6.45) is 0.750.